The summed E-state index contributed by atoms with van der Waals surface area (Å²) >= 11 is 3.39. The van der Waals surface area contributed by atoms with Crippen LogP contribution >= 0.6 is 15.9 Å². The lowest BCUT2D eigenvalue weighted by Gasteiger charge is -2.16. The molecule has 0 saturated heterocycles. The van der Waals surface area contributed by atoms with Gasteiger partial charge in [-0.15, -0.1) is 0 Å². The quantitative estimate of drug-likeness (QED) is 0.727. The van der Waals surface area contributed by atoms with Crippen molar-refractivity contribution in [3.63, 3.8) is 0 Å². The van der Waals surface area contributed by atoms with Crippen molar-refractivity contribution in [2.45, 2.75) is 39.3 Å². The molecule has 7 heteroatoms. The van der Waals surface area contributed by atoms with Crippen LogP contribution in [0.5, 0.6) is 11.5 Å². The molecule has 0 unspecified atom stereocenters. The Morgan fingerprint density at radius 3 is 2.22 bits per heavy atom. The molecule has 128 valence electrons. The Balaban J connectivity index is 2.76. The van der Waals surface area contributed by atoms with E-state index in [1.807, 2.05) is 13.8 Å². The standard InChI is InChI=1S/C16H22BrNO5/c1-9(2)18-16(20)10(3)23-15(19)7-11-6-13(21-4)14(22-5)8-12(11)17/h6,8-10H,7H2,1-5H3,(H,18,20)/t10-/m1/s1. The maximum Gasteiger partial charge on any atom is 0.311 e. The van der Waals surface area contributed by atoms with E-state index in [1.165, 1.54) is 14.2 Å². The highest BCUT2D eigenvalue weighted by atomic mass is 79.9. The van der Waals surface area contributed by atoms with E-state index in [2.05, 4.69) is 21.2 Å². The van der Waals surface area contributed by atoms with Gasteiger partial charge in [0, 0.05) is 10.5 Å². The first kappa shape index (κ1) is 19.3. The minimum atomic E-state index is -0.844. The van der Waals surface area contributed by atoms with Gasteiger partial charge in [0.25, 0.3) is 5.91 Å². The number of rotatable bonds is 7. The summed E-state index contributed by atoms with van der Waals surface area (Å²) in [6.07, 6.45) is -0.830. The Kier molecular flexibility index (Phi) is 7.35. The van der Waals surface area contributed by atoms with E-state index < -0.39 is 12.1 Å². The van der Waals surface area contributed by atoms with Crippen LogP contribution in [0.4, 0.5) is 0 Å². The maximum absolute atomic E-state index is 12.0. The number of hydrogen-bond donors (Lipinski definition) is 1. The van der Waals surface area contributed by atoms with Gasteiger partial charge in [-0.1, -0.05) is 15.9 Å². The molecule has 0 fully saturated rings. The first-order chi connectivity index (χ1) is 10.8. The lowest BCUT2D eigenvalue weighted by atomic mass is 10.1. The Bertz CT molecular complexity index is 574. The summed E-state index contributed by atoms with van der Waals surface area (Å²) in [5, 5.41) is 2.69. The number of carbonyl (C=O) groups is 2. The molecule has 1 rings (SSSR count). The maximum atomic E-state index is 12.0. The third-order valence-electron chi connectivity index (χ3n) is 3.00. The van der Waals surface area contributed by atoms with E-state index >= 15 is 0 Å². The fraction of sp³-hybridized carbons (Fsp3) is 0.500. The number of esters is 1. The zero-order valence-electron chi connectivity index (χ0n) is 13.9. The van der Waals surface area contributed by atoms with Crippen LogP contribution in [0.3, 0.4) is 0 Å². The molecule has 0 spiro atoms. The second-order valence-corrected chi connectivity index (χ2v) is 6.13. The predicted molar refractivity (Wildman–Crippen MR) is 89.8 cm³/mol. The summed E-state index contributed by atoms with van der Waals surface area (Å²) in [7, 11) is 3.05. The second-order valence-electron chi connectivity index (χ2n) is 5.27. The van der Waals surface area contributed by atoms with E-state index in [0.29, 0.717) is 21.5 Å². The number of methoxy groups -OCH3 is 2. The first-order valence-corrected chi connectivity index (χ1v) is 7.98. The number of hydrogen-bond acceptors (Lipinski definition) is 5. The smallest absolute Gasteiger partial charge is 0.311 e. The molecule has 6 nitrogen and oxygen atoms in total. The lowest BCUT2D eigenvalue weighted by Crippen LogP contribution is -2.39. The predicted octanol–water partition coefficient (Wildman–Crippen LogP) is 2.47. The van der Waals surface area contributed by atoms with Crippen molar-refractivity contribution in [3.05, 3.63) is 22.2 Å². The van der Waals surface area contributed by atoms with Gasteiger partial charge in [-0.3, -0.25) is 9.59 Å². The second kappa shape index (κ2) is 8.76. The summed E-state index contributed by atoms with van der Waals surface area (Å²) in [4.78, 5) is 23.8. The average molecular weight is 388 g/mol. The first-order valence-electron chi connectivity index (χ1n) is 7.18. The van der Waals surface area contributed by atoms with Crippen molar-refractivity contribution >= 4 is 27.8 Å². The summed E-state index contributed by atoms with van der Waals surface area (Å²) in [5.74, 6) is 0.259. The molecule has 0 bridgehead atoms. The van der Waals surface area contributed by atoms with Gasteiger partial charge in [0.2, 0.25) is 0 Å². The molecule has 1 amide bonds. The van der Waals surface area contributed by atoms with Gasteiger partial charge < -0.3 is 19.5 Å². The fourth-order valence-corrected chi connectivity index (χ4v) is 2.34. The molecule has 0 saturated carbocycles. The monoisotopic (exact) mass is 387 g/mol. The highest BCUT2D eigenvalue weighted by Gasteiger charge is 2.20. The van der Waals surface area contributed by atoms with Gasteiger partial charge in [-0.25, -0.2) is 0 Å². The minimum Gasteiger partial charge on any atom is -0.493 e. The van der Waals surface area contributed by atoms with Crippen LogP contribution in [0.1, 0.15) is 26.3 Å². The van der Waals surface area contributed by atoms with E-state index in [-0.39, 0.29) is 18.4 Å². The van der Waals surface area contributed by atoms with Crippen molar-refractivity contribution in [2.24, 2.45) is 0 Å². The summed E-state index contributed by atoms with van der Waals surface area (Å²) < 4.78 is 16.3. The van der Waals surface area contributed by atoms with Crippen molar-refractivity contribution in [2.75, 3.05) is 14.2 Å². The highest BCUT2D eigenvalue weighted by Crippen LogP contribution is 2.33. The number of ether oxygens (including phenoxy) is 3. The van der Waals surface area contributed by atoms with Crippen molar-refractivity contribution in [1.82, 2.24) is 5.32 Å². The van der Waals surface area contributed by atoms with Crippen LogP contribution in [0, 0.1) is 0 Å². The third kappa shape index (κ3) is 5.74. The molecule has 1 aromatic carbocycles. The number of halogens is 1. The van der Waals surface area contributed by atoms with Crippen LogP contribution < -0.4 is 14.8 Å². The van der Waals surface area contributed by atoms with E-state index in [4.69, 9.17) is 14.2 Å². The molecular weight excluding hydrogens is 366 g/mol. The zero-order chi connectivity index (χ0) is 17.6. The number of nitrogens with one attached hydrogen (secondary N) is 1. The molecule has 1 N–H and O–H groups in total. The Morgan fingerprint density at radius 2 is 1.70 bits per heavy atom. The molecule has 0 aliphatic rings. The normalized spacial score (nSPS) is 11.8. The summed E-state index contributed by atoms with van der Waals surface area (Å²) in [6.45, 7) is 5.22. The number of benzene rings is 1. The van der Waals surface area contributed by atoms with Gasteiger partial charge in [-0.2, -0.15) is 0 Å². The van der Waals surface area contributed by atoms with Crippen LogP contribution in [-0.4, -0.2) is 38.2 Å². The molecule has 0 aliphatic heterocycles. The number of amides is 1. The van der Waals surface area contributed by atoms with Crippen molar-refractivity contribution in [1.29, 1.82) is 0 Å². The topological polar surface area (TPSA) is 73.9 Å². The van der Waals surface area contributed by atoms with Crippen LogP contribution in [0.15, 0.2) is 16.6 Å². The van der Waals surface area contributed by atoms with Gasteiger partial charge >= 0.3 is 5.97 Å². The van der Waals surface area contributed by atoms with Crippen molar-refractivity contribution in [3.8, 4) is 11.5 Å². The van der Waals surface area contributed by atoms with Gasteiger partial charge in [0.05, 0.1) is 20.6 Å². The number of carbonyl (C=O) groups excluding carboxylic acids is 2. The summed E-state index contributed by atoms with van der Waals surface area (Å²) in [6, 6.07) is 3.41. The Labute approximate surface area is 144 Å². The fourth-order valence-electron chi connectivity index (χ4n) is 1.88. The molecule has 1 atom stereocenters. The molecule has 23 heavy (non-hydrogen) atoms. The molecule has 0 radical (unpaired) electrons. The molecule has 0 aliphatic carbocycles. The Morgan fingerprint density at radius 1 is 1.13 bits per heavy atom. The van der Waals surface area contributed by atoms with Crippen LogP contribution in [-0.2, 0) is 20.7 Å². The average Bonchev–Trinajstić information content (AvgIpc) is 2.47. The lowest BCUT2D eigenvalue weighted by molar-refractivity contribution is -0.154. The van der Waals surface area contributed by atoms with Gasteiger partial charge in [-0.05, 0) is 38.5 Å². The molecular formula is C16H22BrNO5. The largest absolute Gasteiger partial charge is 0.493 e. The minimum absolute atomic E-state index is 0.0105. The van der Waals surface area contributed by atoms with Crippen LogP contribution in [0.2, 0.25) is 0 Å². The molecule has 1 aromatic rings. The van der Waals surface area contributed by atoms with E-state index in [1.54, 1.807) is 19.1 Å². The molecule has 0 heterocycles. The SMILES string of the molecule is COc1cc(Br)c(CC(=O)O[C@H](C)C(=O)NC(C)C)cc1OC. The van der Waals surface area contributed by atoms with Crippen LogP contribution in [0.25, 0.3) is 0 Å². The highest BCUT2D eigenvalue weighted by molar-refractivity contribution is 9.10. The van der Waals surface area contributed by atoms with Crippen molar-refractivity contribution < 1.29 is 23.8 Å². The van der Waals surface area contributed by atoms with Gasteiger partial charge in [0.15, 0.2) is 17.6 Å². The van der Waals surface area contributed by atoms with Gasteiger partial charge in [0.1, 0.15) is 0 Å². The Hall–Kier alpha value is -1.76. The third-order valence-corrected chi connectivity index (χ3v) is 3.73. The molecule has 0 aromatic heterocycles. The van der Waals surface area contributed by atoms with E-state index in [9.17, 15) is 9.59 Å². The zero-order valence-corrected chi connectivity index (χ0v) is 15.5. The summed E-state index contributed by atoms with van der Waals surface area (Å²) in [5.41, 5.74) is 0.684. The van der Waals surface area contributed by atoms with E-state index in [0.717, 1.165) is 0 Å².